The van der Waals surface area contributed by atoms with Crippen molar-refractivity contribution < 1.29 is 0 Å². The summed E-state index contributed by atoms with van der Waals surface area (Å²) in [5.74, 6) is 0.543. The van der Waals surface area contributed by atoms with E-state index in [0.29, 0.717) is 5.92 Å². The van der Waals surface area contributed by atoms with Crippen molar-refractivity contribution in [2.24, 2.45) is 0 Å². The van der Waals surface area contributed by atoms with E-state index in [2.05, 4.69) is 45.4 Å². The molecule has 1 N–H and O–H groups in total. The third kappa shape index (κ3) is 4.92. The minimum atomic E-state index is 0.543. The molecule has 0 spiro atoms. The maximum absolute atomic E-state index is 5.97. The molecule has 5 heteroatoms. The summed E-state index contributed by atoms with van der Waals surface area (Å²) in [4.78, 5) is 2.51. The molecular weight excluding hydrogens is 377 g/mol. The molecule has 0 radical (unpaired) electrons. The van der Waals surface area contributed by atoms with Gasteiger partial charge in [-0.15, -0.1) is 0 Å². The van der Waals surface area contributed by atoms with Gasteiger partial charge < -0.3 is 0 Å². The van der Waals surface area contributed by atoms with E-state index in [0.717, 1.165) is 54.6 Å². The number of aromatic amines is 1. The summed E-state index contributed by atoms with van der Waals surface area (Å²) in [6.07, 6.45) is 3.16. The van der Waals surface area contributed by atoms with Gasteiger partial charge in [0.25, 0.3) is 0 Å². The highest BCUT2D eigenvalue weighted by Crippen LogP contribution is 2.28. The number of halogens is 2. The van der Waals surface area contributed by atoms with Gasteiger partial charge in [0.1, 0.15) is 0 Å². The van der Waals surface area contributed by atoms with Crippen LogP contribution in [0.4, 0.5) is 0 Å². The second-order valence-corrected chi connectivity index (χ2v) is 8.17. The second kappa shape index (κ2) is 8.47. The monoisotopic (exact) mass is 399 g/mol. The minimum absolute atomic E-state index is 0.543. The molecule has 1 fully saturated rings. The third-order valence-corrected chi connectivity index (χ3v) is 5.79. The SMILES string of the molecule is Clc1ccc(Cc2cc(C3CCN(Cc4ccc(Cl)cc4)CC3)n[nH]2)cc1. The standard InChI is InChI=1S/C22H23Cl2N3/c23-19-5-1-16(2-6-19)13-21-14-22(26-25-21)18-9-11-27(12-10-18)15-17-3-7-20(24)8-4-17/h1-8,14,18H,9-13,15H2,(H,25,26). The van der Waals surface area contributed by atoms with E-state index in [9.17, 15) is 0 Å². The number of nitrogens with one attached hydrogen (secondary N) is 1. The Balaban J connectivity index is 1.31. The molecule has 1 aliphatic heterocycles. The first-order valence-corrected chi connectivity index (χ1v) is 10.2. The van der Waals surface area contributed by atoms with E-state index in [1.165, 1.54) is 16.8 Å². The fraction of sp³-hybridized carbons (Fsp3) is 0.318. The van der Waals surface area contributed by atoms with Crippen molar-refractivity contribution >= 4 is 23.2 Å². The van der Waals surface area contributed by atoms with Gasteiger partial charge in [-0.1, -0.05) is 47.5 Å². The molecule has 2 heterocycles. The zero-order valence-electron chi connectivity index (χ0n) is 15.2. The average molecular weight is 400 g/mol. The maximum atomic E-state index is 5.97. The molecule has 0 aliphatic carbocycles. The summed E-state index contributed by atoms with van der Waals surface area (Å²) in [6.45, 7) is 3.20. The van der Waals surface area contributed by atoms with Gasteiger partial charge in [0.05, 0.1) is 5.69 Å². The number of H-pyrrole nitrogens is 1. The largest absolute Gasteiger partial charge is 0.299 e. The highest BCUT2D eigenvalue weighted by molar-refractivity contribution is 6.30. The van der Waals surface area contributed by atoms with Gasteiger partial charge in [0.2, 0.25) is 0 Å². The van der Waals surface area contributed by atoms with Crippen molar-refractivity contribution in [3.8, 4) is 0 Å². The van der Waals surface area contributed by atoms with Gasteiger partial charge in [-0.2, -0.15) is 5.10 Å². The van der Waals surface area contributed by atoms with Crippen LogP contribution in [0.15, 0.2) is 54.6 Å². The average Bonchev–Trinajstić information content (AvgIpc) is 3.15. The zero-order chi connectivity index (χ0) is 18.6. The molecular formula is C22H23Cl2N3. The van der Waals surface area contributed by atoms with Crippen LogP contribution in [0.25, 0.3) is 0 Å². The molecule has 140 valence electrons. The molecule has 1 aliphatic rings. The molecule has 0 atom stereocenters. The first-order valence-electron chi connectivity index (χ1n) is 9.41. The Kier molecular flexibility index (Phi) is 5.82. The van der Waals surface area contributed by atoms with Gasteiger partial charge in [0, 0.05) is 34.6 Å². The number of rotatable bonds is 5. The van der Waals surface area contributed by atoms with Crippen molar-refractivity contribution in [1.29, 1.82) is 0 Å². The number of piperidine rings is 1. The van der Waals surface area contributed by atoms with Crippen LogP contribution >= 0.6 is 23.2 Å². The van der Waals surface area contributed by atoms with Crippen molar-refractivity contribution in [3.63, 3.8) is 0 Å². The summed E-state index contributed by atoms with van der Waals surface area (Å²) < 4.78 is 0. The Labute approximate surface area is 170 Å². The number of nitrogens with zero attached hydrogens (tertiary/aromatic N) is 2. The van der Waals surface area contributed by atoms with E-state index in [-0.39, 0.29) is 0 Å². The highest BCUT2D eigenvalue weighted by atomic mass is 35.5. The summed E-state index contributed by atoms with van der Waals surface area (Å²) >= 11 is 11.9. The van der Waals surface area contributed by atoms with Gasteiger partial charge in [-0.05, 0) is 67.4 Å². The van der Waals surface area contributed by atoms with E-state index in [1.54, 1.807) is 0 Å². The lowest BCUT2D eigenvalue weighted by Gasteiger charge is -2.31. The Morgan fingerprint density at radius 2 is 1.48 bits per heavy atom. The predicted molar refractivity (Wildman–Crippen MR) is 112 cm³/mol. The van der Waals surface area contributed by atoms with Crippen LogP contribution < -0.4 is 0 Å². The molecule has 0 bridgehead atoms. The van der Waals surface area contributed by atoms with E-state index >= 15 is 0 Å². The van der Waals surface area contributed by atoms with Crippen molar-refractivity contribution in [2.45, 2.75) is 31.7 Å². The first kappa shape index (κ1) is 18.5. The van der Waals surface area contributed by atoms with E-state index < -0.39 is 0 Å². The molecule has 0 unspecified atom stereocenters. The molecule has 3 aromatic rings. The first-order chi connectivity index (χ1) is 13.2. The molecule has 0 amide bonds. The van der Waals surface area contributed by atoms with E-state index in [1.807, 2.05) is 24.3 Å². The van der Waals surface area contributed by atoms with Crippen LogP contribution in [0.5, 0.6) is 0 Å². The lowest BCUT2D eigenvalue weighted by Crippen LogP contribution is -2.32. The van der Waals surface area contributed by atoms with Crippen LogP contribution in [0, 0.1) is 0 Å². The van der Waals surface area contributed by atoms with Gasteiger partial charge >= 0.3 is 0 Å². The number of likely N-dealkylation sites (tertiary alicyclic amines) is 1. The maximum Gasteiger partial charge on any atom is 0.0656 e. The number of hydrogen-bond donors (Lipinski definition) is 1. The Morgan fingerprint density at radius 1 is 0.889 bits per heavy atom. The summed E-state index contributed by atoms with van der Waals surface area (Å²) in [5, 5.41) is 9.37. The molecule has 3 nitrogen and oxygen atoms in total. The van der Waals surface area contributed by atoms with Crippen molar-refractivity contribution in [1.82, 2.24) is 15.1 Å². The van der Waals surface area contributed by atoms with Crippen molar-refractivity contribution in [2.75, 3.05) is 13.1 Å². The normalized spacial score (nSPS) is 15.9. The van der Waals surface area contributed by atoms with Crippen LogP contribution in [-0.2, 0) is 13.0 Å². The fourth-order valence-corrected chi connectivity index (χ4v) is 3.99. The lowest BCUT2D eigenvalue weighted by atomic mass is 9.93. The Bertz CT molecular complexity index is 863. The second-order valence-electron chi connectivity index (χ2n) is 7.30. The number of aromatic nitrogens is 2. The molecule has 4 rings (SSSR count). The van der Waals surface area contributed by atoms with Crippen molar-refractivity contribution in [3.05, 3.63) is 87.2 Å². The Morgan fingerprint density at radius 3 is 2.11 bits per heavy atom. The Hall–Kier alpha value is -1.81. The fourth-order valence-electron chi connectivity index (χ4n) is 3.74. The third-order valence-electron chi connectivity index (χ3n) is 5.28. The summed E-state index contributed by atoms with van der Waals surface area (Å²) in [5.41, 5.74) is 4.93. The van der Waals surface area contributed by atoms with Crippen LogP contribution in [0.3, 0.4) is 0 Å². The van der Waals surface area contributed by atoms with Gasteiger partial charge in [0.15, 0.2) is 0 Å². The van der Waals surface area contributed by atoms with Crippen LogP contribution in [-0.4, -0.2) is 28.2 Å². The number of hydrogen-bond acceptors (Lipinski definition) is 2. The van der Waals surface area contributed by atoms with Crippen LogP contribution in [0.1, 0.15) is 41.3 Å². The smallest absolute Gasteiger partial charge is 0.0656 e. The molecule has 2 aromatic carbocycles. The minimum Gasteiger partial charge on any atom is -0.299 e. The van der Waals surface area contributed by atoms with Gasteiger partial charge in [-0.3, -0.25) is 10.00 Å². The summed E-state index contributed by atoms with van der Waals surface area (Å²) in [7, 11) is 0. The molecule has 1 aromatic heterocycles. The topological polar surface area (TPSA) is 31.9 Å². The lowest BCUT2D eigenvalue weighted by molar-refractivity contribution is 0.203. The highest BCUT2D eigenvalue weighted by Gasteiger charge is 2.22. The molecule has 1 saturated heterocycles. The summed E-state index contributed by atoms with van der Waals surface area (Å²) in [6, 6.07) is 18.4. The van der Waals surface area contributed by atoms with Crippen LogP contribution in [0.2, 0.25) is 10.0 Å². The van der Waals surface area contributed by atoms with E-state index in [4.69, 9.17) is 23.2 Å². The quantitative estimate of drug-likeness (QED) is 0.597. The molecule has 27 heavy (non-hydrogen) atoms. The molecule has 0 saturated carbocycles. The predicted octanol–water partition coefficient (Wildman–Crippen LogP) is 5.69. The zero-order valence-corrected chi connectivity index (χ0v) is 16.7. The number of benzene rings is 2. The van der Waals surface area contributed by atoms with Gasteiger partial charge in [-0.25, -0.2) is 0 Å².